The van der Waals surface area contributed by atoms with Gasteiger partial charge in [0.15, 0.2) is 0 Å². The van der Waals surface area contributed by atoms with Gasteiger partial charge in [0.1, 0.15) is 0 Å². The lowest BCUT2D eigenvalue weighted by Crippen LogP contribution is -2.10. The van der Waals surface area contributed by atoms with E-state index in [0.29, 0.717) is 0 Å². The molecule has 0 aliphatic rings. The molecule has 40 heavy (non-hydrogen) atoms. The van der Waals surface area contributed by atoms with E-state index in [-0.39, 0.29) is 0 Å². The molecule has 3 heteroatoms. The van der Waals surface area contributed by atoms with Crippen molar-refractivity contribution in [2.24, 2.45) is 0 Å². The molecule has 192 valence electrons. The number of rotatable bonds is 6. The average molecular weight is 516 g/mol. The van der Waals surface area contributed by atoms with Crippen LogP contribution in [0.3, 0.4) is 0 Å². The third kappa shape index (κ3) is 4.38. The van der Waals surface area contributed by atoms with E-state index in [4.69, 9.17) is 0 Å². The van der Waals surface area contributed by atoms with Gasteiger partial charge in [-0.25, -0.2) is 0 Å². The van der Waals surface area contributed by atoms with E-state index in [0.717, 1.165) is 34.1 Å². The lowest BCUT2D eigenvalue weighted by molar-refractivity contribution is 1.17. The van der Waals surface area contributed by atoms with Gasteiger partial charge in [0.2, 0.25) is 0 Å². The van der Waals surface area contributed by atoms with Crippen molar-refractivity contribution in [3.63, 3.8) is 0 Å². The predicted molar refractivity (Wildman–Crippen MR) is 170 cm³/mol. The van der Waals surface area contributed by atoms with Gasteiger partial charge < -0.3 is 14.8 Å². The Labute approximate surface area is 234 Å². The lowest BCUT2D eigenvalue weighted by Gasteiger charge is -2.26. The van der Waals surface area contributed by atoms with Crippen molar-refractivity contribution in [2.75, 3.05) is 10.2 Å². The van der Waals surface area contributed by atoms with Crippen LogP contribution in [-0.4, -0.2) is 4.57 Å². The number of aromatic nitrogens is 1. The number of para-hydroxylation sites is 3. The minimum atomic E-state index is 1.06. The molecule has 7 aromatic rings. The fourth-order valence-electron chi connectivity index (χ4n) is 5.47. The van der Waals surface area contributed by atoms with Crippen molar-refractivity contribution >= 4 is 50.2 Å². The number of fused-ring (bicyclic) bond motifs is 3. The van der Waals surface area contributed by atoms with E-state index in [9.17, 15) is 0 Å². The minimum absolute atomic E-state index is 1.06. The highest BCUT2D eigenvalue weighted by Crippen LogP contribution is 2.37. The summed E-state index contributed by atoms with van der Waals surface area (Å²) in [6, 6.07) is 53.7. The number of benzene rings is 6. The van der Waals surface area contributed by atoms with Crippen LogP contribution in [0.1, 0.15) is 5.56 Å². The van der Waals surface area contributed by atoms with E-state index in [2.05, 4.69) is 173 Å². The highest BCUT2D eigenvalue weighted by molar-refractivity contribution is 6.09. The fraction of sp³-hybridized carbons (Fsp3) is 0.0270. The number of anilines is 5. The SMILES string of the molecule is Cc1ccc(Nc2ccc(N(c3ccccc3)c3ccc(-n4c5ccccc5c5ccccc54)cc3)cc2)cc1. The molecule has 3 nitrogen and oxygen atoms in total. The molecule has 0 amide bonds. The van der Waals surface area contributed by atoms with Crippen molar-refractivity contribution < 1.29 is 0 Å². The maximum Gasteiger partial charge on any atom is 0.0541 e. The Morgan fingerprint density at radius 1 is 0.450 bits per heavy atom. The maximum absolute atomic E-state index is 3.51. The topological polar surface area (TPSA) is 20.2 Å². The summed E-state index contributed by atoms with van der Waals surface area (Å²) in [5.41, 5.74) is 10.3. The van der Waals surface area contributed by atoms with Crippen LogP contribution in [0, 0.1) is 6.92 Å². The molecule has 7 rings (SSSR count). The van der Waals surface area contributed by atoms with E-state index >= 15 is 0 Å². The molecular weight excluding hydrogens is 486 g/mol. The van der Waals surface area contributed by atoms with Crippen molar-refractivity contribution in [3.8, 4) is 5.69 Å². The molecule has 0 saturated heterocycles. The van der Waals surface area contributed by atoms with Crippen LogP contribution in [0.25, 0.3) is 27.5 Å². The smallest absolute Gasteiger partial charge is 0.0541 e. The number of hydrogen-bond acceptors (Lipinski definition) is 2. The number of hydrogen-bond donors (Lipinski definition) is 1. The summed E-state index contributed by atoms with van der Waals surface area (Å²) >= 11 is 0. The van der Waals surface area contributed by atoms with Crippen LogP contribution in [0.4, 0.5) is 28.4 Å². The zero-order valence-electron chi connectivity index (χ0n) is 22.3. The molecular formula is C37H29N3. The fourth-order valence-corrected chi connectivity index (χ4v) is 5.47. The molecule has 0 aliphatic heterocycles. The second-order valence-electron chi connectivity index (χ2n) is 10.1. The number of aryl methyl sites for hydroxylation is 1. The van der Waals surface area contributed by atoms with Gasteiger partial charge in [-0.15, -0.1) is 0 Å². The molecule has 0 bridgehead atoms. The van der Waals surface area contributed by atoms with Crippen LogP contribution in [0.15, 0.2) is 152 Å². The van der Waals surface area contributed by atoms with Crippen LogP contribution in [0.2, 0.25) is 0 Å². The molecule has 0 unspecified atom stereocenters. The highest BCUT2D eigenvalue weighted by Gasteiger charge is 2.15. The molecule has 1 N–H and O–H groups in total. The molecule has 0 aliphatic carbocycles. The zero-order chi connectivity index (χ0) is 26.9. The largest absolute Gasteiger partial charge is 0.356 e. The molecule has 0 atom stereocenters. The monoisotopic (exact) mass is 515 g/mol. The molecule has 0 radical (unpaired) electrons. The van der Waals surface area contributed by atoms with Crippen molar-refractivity contribution in [1.29, 1.82) is 0 Å². The Kier molecular flexibility index (Phi) is 6.02. The Hall–Kier alpha value is -5.28. The zero-order valence-corrected chi connectivity index (χ0v) is 22.3. The first-order chi connectivity index (χ1) is 19.7. The third-order valence-electron chi connectivity index (χ3n) is 7.43. The van der Waals surface area contributed by atoms with E-state index in [1.165, 1.54) is 27.4 Å². The first kappa shape index (κ1) is 23.8. The first-order valence-corrected chi connectivity index (χ1v) is 13.6. The lowest BCUT2D eigenvalue weighted by atomic mass is 10.1. The summed E-state index contributed by atoms with van der Waals surface area (Å²) in [5.74, 6) is 0. The van der Waals surface area contributed by atoms with Gasteiger partial charge in [-0.3, -0.25) is 0 Å². The van der Waals surface area contributed by atoms with Gasteiger partial charge in [0.25, 0.3) is 0 Å². The van der Waals surface area contributed by atoms with Crippen LogP contribution < -0.4 is 10.2 Å². The second kappa shape index (κ2) is 10.1. The third-order valence-corrected chi connectivity index (χ3v) is 7.43. The summed E-state index contributed by atoms with van der Waals surface area (Å²) in [6.07, 6.45) is 0. The van der Waals surface area contributed by atoms with Gasteiger partial charge >= 0.3 is 0 Å². The molecule has 0 saturated carbocycles. The minimum Gasteiger partial charge on any atom is -0.356 e. The Morgan fingerprint density at radius 3 is 1.48 bits per heavy atom. The van der Waals surface area contributed by atoms with Gasteiger partial charge in [-0.1, -0.05) is 72.3 Å². The molecule has 0 spiro atoms. The van der Waals surface area contributed by atoms with Gasteiger partial charge in [-0.2, -0.15) is 0 Å². The normalized spacial score (nSPS) is 11.1. The van der Waals surface area contributed by atoms with Crippen molar-refractivity contribution in [2.45, 2.75) is 6.92 Å². The van der Waals surface area contributed by atoms with Crippen LogP contribution in [0.5, 0.6) is 0 Å². The Balaban J connectivity index is 1.26. The molecule has 1 aromatic heterocycles. The van der Waals surface area contributed by atoms with E-state index in [1.54, 1.807) is 0 Å². The average Bonchev–Trinajstić information content (AvgIpc) is 3.35. The summed E-state index contributed by atoms with van der Waals surface area (Å²) in [5, 5.41) is 6.05. The second-order valence-corrected chi connectivity index (χ2v) is 10.1. The quantitative estimate of drug-likeness (QED) is 0.238. The standard InChI is InChI=1S/C37H29N3/c1-27-15-17-28(18-16-27)38-29-19-21-31(22-20-29)39(30-9-3-2-4-10-30)32-23-25-33(26-24-32)40-36-13-7-5-11-34(36)35-12-6-8-14-37(35)40/h2-26,38H,1H3. The van der Waals surface area contributed by atoms with Crippen molar-refractivity contribution in [3.05, 3.63) is 157 Å². The van der Waals surface area contributed by atoms with Gasteiger partial charge in [-0.05, 0) is 91.9 Å². The molecule has 0 fully saturated rings. The van der Waals surface area contributed by atoms with E-state index < -0.39 is 0 Å². The maximum atomic E-state index is 3.51. The van der Waals surface area contributed by atoms with Crippen LogP contribution in [-0.2, 0) is 0 Å². The number of nitrogens with zero attached hydrogens (tertiary/aromatic N) is 2. The van der Waals surface area contributed by atoms with Crippen molar-refractivity contribution in [1.82, 2.24) is 4.57 Å². The molecule has 6 aromatic carbocycles. The first-order valence-electron chi connectivity index (χ1n) is 13.6. The Morgan fingerprint density at radius 2 is 0.900 bits per heavy atom. The summed E-state index contributed by atoms with van der Waals surface area (Å²) in [7, 11) is 0. The van der Waals surface area contributed by atoms with E-state index in [1.807, 2.05) is 0 Å². The highest BCUT2D eigenvalue weighted by atomic mass is 15.1. The summed E-state index contributed by atoms with van der Waals surface area (Å²) in [4.78, 5) is 2.30. The summed E-state index contributed by atoms with van der Waals surface area (Å²) in [6.45, 7) is 2.10. The molecule has 1 heterocycles. The van der Waals surface area contributed by atoms with Gasteiger partial charge in [0, 0.05) is 44.9 Å². The van der Waals surface area contributed by atoms with Crippen LogP contribution >= 0.6 is 0 Å². The predicted octanol–water partition coefficient (Wildman–Crippen LogP) is 10.3. The van der Waals surface area contributed by atoms with Gasteiger partial charge in [0.05, 0.1) is 11.0 Å². The Bertz CT molecular complexity index is 1850. The summed E-state index contributed by atoms with van der Waals surface area (Å²) < 4.78 is 2.35. The number of nitrogens with one attached hydrogen (secondary N) is 1.